The van der Waals surface area contributed by atoms with Gasteiger partial charge in [-0.05, 0) is 24.6 Å². The van der Waals surface area contributed by atoms with Crippen molar-refractivity contribution < 1.29 is 4.74 Å². The third-order valence-corrected chi connectivity index (χ3v) is 2.24. The fourth-order valence-corrected chi connectivity index (χ4v) is 1.29. The lowest BCUT2D eigenvalue weighted by Gasteiger charge is -2.07. The van der Waals surface area contributed by atoms with E-state index in [1.54, 1.807) is 13.2 Å². The van der Waals surface area contributed by atoms with Gasteiger partial charge in [-0.1, -0.05) is 11.6 Å². The number of ether oxygens (including phenoxy) is 1. The number of hydrogen-bond donors (Lipinski definition) is 0. The van der Waals surface area contributed by atoms with E-state index in [1.165, 1.54) is 0 Å². The molecule has 0 aliphatic heterocycles. The van der Waals surface area contributed by atoms with Crippen molar-refractivity contribution in [2.24, 2.45) is 0 Å². The summed E-state index contributed by atoms with van der Waals surface area (Å²) in [5, 5.41) is 9.23. The monoisotopic (exact) mass is 195 g/mol. The molecular formula is C10H10ClNO. The molecule has 0 aromatic heterocycles. The molecule has 0 bridgehead atoms. The highest BCUT2D eigenvalue weighted by Crippen LogP contribution is 2.26. The summed E-state index contributed by atoms with van der Waals surface area (Å²) >= 11 is 5.90. The van der Waals surface area contributed by atoms with Crippen molar-refractivity contribution in [3.8, 4) is 11.8 Å². The van der Waals surface area contributed by atoms with Gasteiger partial charge in [0.2, 0.25) is 0 Å². The van der Waals surface area contributed by atoms with Gasteiger partial charge in [0, 0.05) is 10.6 Å². The maximum Gasteiger partial charge on any atom is 0.124 e. The lowest BCUT2D eigenvalue weighted by Crippen LogP contribution is -1.92. The Morgan fingerprint density at radius 3 is 2.77 bits per heavy atom. The highest BCUT2D eigenvalue weighted by molar-refractivity contribution is 6.31. The molecule has 0 aliphatic rings. The van der Waals surface area contributed by atoms with Crippen LogP contribution >= 0.6 is 11.6 Å². The highest BCUT2D eigenvalue weighted by atomic mass is 35.5. The van der Waals surface area contributed by atoms with Crippen molar-refractivity contribution in [2.45, 2.75) is 13.3 Å². The van der Waals surface area contributed by atoms with Gasteiger partial charge in [-0.3, -0.25) is 0 Å². The smallest absolute Gasteiger partial charge is 0.124 e. The topological polar surface area (TPSA) is 33.0 Å². The van der Waals surface area contributed by atoms with Gasteiger partial charge < -0.3 is 4.74 Å². The van der Waals surface area contributed by atoms with Crippen molar-refractivity contribution in [1.29, 1.82) is 5.26 Å². The van der Waals surface area contributed by atoms with Crippen molar-refractivity contribution in [2.75, 3.05) is 7.11 Å². The van der Waals surface area contributed by atoms with Gasteiger partial charge in [-0.2, -0.15) is 5.26 Å². The molecule has 13 heavy (non-hydrogen) atoms. The first-order chi connectivity index (χ1) is 6.19. The zero-order chi connectivity index (χ0) is 9.84. The van der Waals surface area contributed by atoms with Gasteiger partial charge in [-0.25, -0.2) is 0 Å². The number of aryl methyl sites for hydroxylation is 1. The zero-order valence-electron chi connectivity index (χ0n) is 7.60. The number of rotatable bonds is 2. The second-order valence-electron chi connectivity index (χ2n) is 2.75. The van der Waals surface area contributed by atoms with E-state index in [2.05, 4.69) is 6.07 Å². The summed E-state index contributed by atoms with van der Waals surface area (Å²) in [4.78, 5) is 0. The minimum atomic E-state index is 0.348. The summed E-state index contributed by atoms with van der Waals surface area (Å²) in [7, 11) is 1.57. The Hall–Kier alpha value is -1.20. The standard InChI is InChI=1S/C10H10ClNO/c1-7-5-8(3-4-12)10(13-2)6-9(7)11/h5-6H,3H2,1-2H3. The van der Waals surface area contributed by atoms with Crippen LogP contribution in [0.2, 0.25) is 5.02 Å². The minimum Gasteiger partial charge on any atom is -0.496 e. The van der Waals surface area contributed by atoms with Crippen LogP contribution in [0, 0.1) is 18.3 Å². The lowest BCUT2D eigenvalue weighted by molar-refractivity contribution is 0.411. The van der Waals surface area contributed by atoms with Crippen LogP contribution in [-0.2, 0) is 6.42 Å². The molecule has 1 aromatic rings. The molecule has 0 fully saturated rings. The predicted molar refractivity (Wildman–Crippen MR) is 52.1 cm³/mol. The molecule has 0 amide bonds. The molecule has 0 unspecified atom stereocenters. The van der Waals surface area contributed by atoms with Crippen molar-refractivity contribution in [3.63, 3.8) is 0 Å². The van der Waals surface area contributed by atoms with Crippen LogP contribution in [0.1, 0.15) is 11.1 Å². The van der Waals surface area contributed by atoms with E-state index < -0.39 is 0 Å². The zero-order valence-corrected chi connectivity index (χ0v) is 8.35. The van der Waals surface area contributed by atoms with E-state index in [0.29, 0.717) is 17.2 Å². The molecule has 1 rings (SSSR count). The first-order valence-corrected chi connectivity index (χ1v) is 4.26. The largest absolute Gasteiger partial charge is 0.496 e. The second kappa shape index (κ2) is 4.15. The maximum atomic E-state index is 8.56. The third kappa shape index (κ3) is 2.13. The Labute approximate surface area is 82.7 Å². The summed E-state index contributed by atoms with van der Waals surface area (Å²) < 4.78 is 5.10. The van der Waals surface area contributed by atoms with E-state index >= 15 is 0 Å². The second-order valence-corrected chi connectivity index (χ2v) is 3.16. The van der Waals surface area contributed by atoms with Crippen LogP contribution in [0.15, 0.2) is 12.1 Å². The number of hydrogen-bond acceptors (Lipinski definition) is 2. The van der Waals surface area contributed by atoms with Gasteiger partial charge >= 0.3 is 0 Å². The number of halogens is 1. The van der Waals surface area contributed by atoms with Crippen LogP contribution in [0.5, 0.6) is 5.75 Å². The van der Waals surface area contributed by atoms with E-state index in [4.69, 9.17) is 21.6 Å². The molecule has 0 spiro atoms. The average Bonchev–Trinajstić information content (AvgIpc) is 2.11. The number of nitriles is 1. The molecule has 0 aliphatic carbocycles. The Morgan fingerprint density at radius 2 is 2.23 bits per heavy atom. The molecule has 0 atom stereocenters. The molecule has 0 heterocycles. The van der Waals surface area contributed by atoms with Crippen molar-refractivity contribution in [1.82, 2.24) is 0 Å². The SMILES string of the molecule is COc1cc(Cl)c(C)cc1CC#N. The number of methoxy groups -OCH3 is 1. The highest BCUT2D eigenvalue weighted by Gasteiger charge is 2.05. The normalized spacial score (nSPS) is 9.38. The van der Waals surface area contributed by atoms with Crippen LogP contribution in [0.25, 0.3) is 0 Å². The predicted octanol–water partition coefficient (Wildman–Crippen LogP) is 2.72. The van der Waals surface area contributed by atoms with Crippen molar-refractivity contribution in [3.05, 3.63) is 28.3 Å². The Bertz CT molecular complexity index is 355. The first kappa shape index (κ1) is 9.88. The van der Waals surface area contributed by atoms with Crippen LogP contribution in [0.3, 0.4) is 0 Å². The van der Waals surface area contributed by atoms with E-state index in [-0.39, 0.29) is 0 Å². The van der Waals surface area contributed by atoms with Gasteiger partial charge in [0.05, 0.1) is 19.6 Å². The molecule has 0 N–H and O–H groups in total. The third-order valence-electron chi connectivity index (χ3n) is 1.83. The minimum absolute atomic E-state index is 0.348. The molecule has 0 saturated heterocycles. The van der Waals surface area contributed by atoms with E-state index in [0.717, 1.165) is 11.1 Å². The van der Waals surface area contributed by atoms with Crippen molar-refractivity contribution >= 4 is 11.6 Å². The molecular weight excluding hydrogens is 186 g/mol. The summed E-state index contributed by atoms with van der Waals surface area (Å²) in [6.45, 7) is 1.91. The maximum absolute atomic E-state index is 8.56. The Morgan fingerprint density at radius 1 is 1.54 bits per heavy atom. The molecule has 2 nitrogen and oxygen atoms in total. The van der Waals surface area contributed by atoms with Crippen LogP contribution in [0.4, 0.5) is 0 Å². The first-order valence-electron chi connectivity index (χ1n) is 3.89. The summed E-state index contributed by atoms with van der Waals surface area (Å²) in [5.74, 6) is 0.678. The summed E-state index contributed by atoms with van der Waals surface area (Å²) in [6.07, 6.45) is 0.348. The Kier molecular flexibility index (Phi) is 3.16. The fourth-order valence-electron chi connectivity index (χ4n) is 1.14. The molecule has 3 heteroatoms. The van der Waals surface area contributed by atoms with Gasteiger partial charge in [-0.15, -0.1) is 0 Å². The number of nitrogens with zero attached hydrogens (tertiary/aromatic N) is 1. The lowest BCUT2D eigenvalue weighted by atomic mass is 10.1. The molecule has 0 radical (unpaired) electrons. The van der Waals surface area contributed by atoms with Gasteiger partial charge in [0.1, 0.15) is 5.75 Å². The molecule has 1 aromatic carbocycles. The summed E-state index contributed by atoms with van der Waals surface area (Å²) in [5.41, 5.74) is 1.85. The van der Waals surface area contributed by atoms with Gasteiger partial charge in [0.25, 0.3) is 0 Å². The fraction of sp³-hybridized carbons (Fsp3) is 0.300. The van der Waals surface area contributed by atoms with Crippen LogP contribution < -0.4 is 4.74 Å². The van der Waals surface area contributed by atoms with E-state index in [1.807, 2.05) is 13.0 Å². The summed E-state index contributed by atoms with van der Waals surface area (Å²) in [6, 6.07) is 5.70. The van der Waals surface area contributed by atoms with E-state index in [9.17, 15) is 0 Å². The van der Waals surface area contributed by atoms with Gasteiger partial charge in [0.15, 0.2) is 0 Å². The molecule has 0 saturated carbocycles. The average molecular weight is 196 g/mol. The Balaban J connectivity index is 3.18. The quantitative estimate of drug-likeness (QED) is 0.727. The molecule has 68 valence electrons. The van der Waals surface area contributed by atoms with Crippen LogP contribution in [-0.4, -0.2) is 7.11 Å². The number of benzene rings is 1.